The van der Waals surface area contributed by atoms with Crippen molar-refractivity contribution in [3.8, 4) is 0 Å². The third kappa shape index (κ3) is 5.39. The molecule has 2 rings (SSSR count). The van der Waals surface area contributed by atoms with Crippen molar-refractivity contribution in [3.63, 3.8) is 0 Å². The highest BCUT2D eigenvalue weighted by atomic mass is 35.5. The largest absolute Gasteiger partial charge is 0.313 e. The number of nitrogens with one attached hydrogen (secondary N) is 1. The van der Waals surface area contributed by atoms with Gasteiger partial charge in [0, 0.05) is 21.7 Å². The predicted molar refractivity (Wildman–Crippen MR) is 94.5 cm³/mol. The highest BCUT2D eigenvalue weighted by Gasteiger charge is 2.10. The van der Waals surface area contributed by atoms with E-state index in [2.05, 4.69) is 55.6 Å². The van der Waals surface area contributed by atoms with Gasteiger partial charge in [-0.1, -0.05) is 48.9 Å². The standard InChI is InChI=1S/C18H22ClNS/c1-3-20-17(12-15-8-10-16(19)11-9-15)13-21-18-7-5-4-6-14(18)2/h4-11,17,20H,3,12-13H2,1-2H3. The van der Waals surface area contributed by atoms with E-state index in [-0.39, 0.29) is 0 Å². The molecule has 0 aliphatic heterocycles. The first-order valence-electron chi connectivity index (χ1n) is 7.35. The summed E-state index contributed by atoms with van der Waals surface area (Å²) in [4.78, 5) is 1.37. The van der Waals surface area contributed by atoms with Crippen molar-refractivity contribution in [2.24, 2.45) is 0 Å². The predicted octanol–water partition coefficient (Wildman–Crippen LogP) is 4.96. The van der Waals surface area contributed by atoms with Gasteiger partial charge in [-0.3, -0.25) is 0 Å². The summed E-state index contributed by atoms with van der Waals surface area (Å²) in [6.45, 7) is 5.32. The minimum atomic E-state index is 0.473. The van der Waals surface area contributed by atoms with Crippen molar-refractivity contribution in [1.82, 2.24) is 5.32 Å². The molecule has 0 fully saturated rings. The molecule has 112 valence electrons. The Kier molecular flexibility index (Phi) is 6.62. The second-order valence-electron chi connectivity index (χ2n) is 5.16. The van der Waals surface area contributed by atoms with Crippen LogP contribution in [0.3, 0.4) is 0 Å². The van der Waals surface area contributed by atoms with E-state index in [1.807, 2.05) is 23.9 Å². The Morgan fingerprint density at radius 1 is 1.10 bits per heavy atom. The monoisotopic (exact) mass is 319 g/mol. The molecule has 1 N–H and O–H groups in total. The van der Waals surface area contributed by atoms with Crippen LogP contribution in [0.4, 0.5) is 0 Å². The van der Waals surface area contributed by atoms with Crippen molar-refractivity contribution in [2.75, 3.05) is 12.3 Å². The quantitative estimate of drug-likeness (QED) is 0.724. The lowest BCUT2D eigenvalue weighted by Gasteiger charge is -2.18. The summed E-state index contributed by atoms with van der Waals surface area (Å²) in [7, 11) is 0. The zero-order valence-corrected chi connectivity index (χ0v) is 14.2. The van der Waals surface area contributed by atoms with Gasteiger partial charge in [0.1, 0.15) is 0 Å². The van der Waals surface area contributed by atoms with Crippen LogP contribution in [0, 0.1) is 6.92 Å². The van der Waals surface area contributed by atoms with Crippen molar-refractivity contribution < 1.29 is 0 Å². The minimum Gasteiger partial charge on any atom is -0.313 e. The maximum atomic E-state index is 5.95. The van der Waals surface area contributed by atoms with Crippen LogP contribution in [0.15, 0.2) is 53.4 Å². The lowest BCUT2D eigenvalue weighted by Crippen LogP contribution is -2.33. The van der Waals surface area contributed by atoms with Gasteiger partial charge in [0.25, 0.3) is 0 Å². The first-order chi connectivity index (χ1) is 10.2. The molecule has 0 radical (unpaired) electrons. The van der Waals surface area contributed by atoms with Gasteiger partial charge in [0.15, 0.2) is 0 Å². The Labute approximate surface area is 137 Å². The average Bonchev–Trinajstić information content (AvgIpc) is 2.49. The van der Waals surface area contributed by atoms with Gasteiger partial charge in [0.05, 0.1) is 0 Å². The van der Waals surface area contributed by atoms with E-state index >= 15 is 0 Å². The summed E-state index contributed by atoms with van der Waals surface area (Å²) in [6, 6.07) is 17.2. The smallest absolute Gasteiger partial charge is 0.0406 e. The highest BCUT2D eigenvalue weighted by molar-refractivity contribution is 7.99. The molecule has 0 aromatic heterocycles. The molecule has 0 aliphatic rings. The summed E-state index contributed by atoms with van der Waals surface area (Å²) in [5, 5.41) is 4.38. The highest BCUT2D eigenvalue weighted by Crippen LogP contribution is 2.23. The molecule has 0 spiro atoms. The maximum absolute atomic E-state index is 5.95. The summed E-state index contributed by atoms with van der Waals surface area (Å²) in [6.07, 6.45) is 1.03. The summed E-state index contributed by atoms with van der Waals surface area (Å²) >= 11 is 7.88. The van der Waals surface area contributed by atoms with Gasteiger partial charge in [-0.15, -0.1) is 11.8 Å². The first kappa shape index (κ1) is 16.4. The third-order valence-electron chi connectivity index (χ3n) is 3.42. The van der Waals surface area contributed by atoms with Crippen molar-refractivity contribution in [3.05, 3.63) is 64.7 Å². The number of likely N-dealkylation sites (N-methyl/N-ethyl adjacent to an activating group) is 1. The fraction of sp³-hybridized carbons (Fsp3) is 0.333. The lowest BCUT2D eigenvalue weighted by atomic mass is 10.1. The Hall–Kier alpha value is -0.960. The Morgan fingerprint density at radius 2 is 1.81 bits per heavy atom. The molecule has 0 saturated carbocycles. The average molecular weight is 320 g/mol. The van der Waals surface area contributed by atoms with Crippen molar-refractivity contribution in [2.45, 2.75) is 31.2 Å². The van der Waals surface area contributed by atoms with E-state index in [1.165, 1.54) is 16.0 Å². The first-order valence-corrected chi connectivity index (χ1v) is 8.71. The van der Waals surface area contributed by atoms with Crippen LogP contribution < -0.4 is 5.32 Å². The van der Waals surface area contributed by atoms with Gasteiger partial charge in [-0.05, 0) is 49.2 Å². The number of aryl methyl sites for hydroxylation is 1. The molecule has 2 aromatic rings. The second-order valence-corrected chi connectivity index (χ2v) is 6.66. The molecule has 3 heteroatoms. The van der Waals surface area contributed by atoms with Gasteiger partial charge in [0.2, 0.25) is 0 Å². The molecule has 0 saturated heterocycles. The van der Waals surface area contributed by atoms with E-state index in [4.69, 9.17) is 11.6 Å². The van der Waals surface area contributed by atoms with Crippen LogP contribution in [0.1, 0.15) is 18.1 Å². The molecular weight excluding hydrogens is 298 g/mol. The van der Waals surface area contributed by atoms with E-state index in [0.717, 1.165) is 23.7 Å². The lowest BCUT2D eigenvalue weighted by molar-refractivity contribution is 0.572. The number of halogens is 1. The van der Waals surface area contributed by atoms with E-state index in [9.17, 15) is 0 Å². The normalized spacial score (nSPS) is 12.3. The molecule has 0 amide bonds. The molecule has 2 aromatic carbocycles. The van der Waals surface area contributed by atoms with Crippen LogP contribution in [-0.2, 0) is 6.42 Å². The number of thioether (sulfide) groups is 1. The van der Waals surface area contributed by atoms with E-state index in [1.54, 1.807) is 0 Å². The van der Waals surface area contributed by atoms with Crippen LogP contribution in [-0.4, -0.2) is 18.3 Å². The van der Waals surface area contributed by atoms with Crippen LogP contribution >= 0.6 is 23.4 Å². The number of hydrogen-bond donors (Lipinski definition) is 1. The molecular formula is C18H22ClNS. The number of hydrogen-bond acceptors (Lipinski definition) is 2. The minimum absolute atomic E-state index is 0.473. The zero-order valence-electron chi connectivity index (χ0n) is 12.6. The number of rotatable bonds is 7. The molecule has 0 heterocycles. The SMILES string of the molecule is CCNC(CSc1ccccc1C)Cc1ccc(Cl)cc1. The van der Waals surface area contributed by atoms with Gasteiger partial charge in [-0.25, -0.2) is 0 Å². The second kappa shape index (κ2) is 8.47. The van der Waals surface area contributed by atoms with Crippen molar-refractivity contribution >= 4 is 23.4 Å². The third-order valence-corrected chi connectivity index (χ3v) is 5.01. The fourth-order valence-electron chi connectivity index (χ4n) is 2.29. The molecule has 1 atom stereocenters. The fourth-order valence-corrected chi connectivity index (χ4v) is 3.51. The van der Waals surface area contributed by atoms with Crippen LogP contribution in [0.5, 0.6) is 0 Å². The maximum Gasteiger partial charge on any atom is 0.0406 e. The molecule has 21 heavy (non-hydrogen) atoms. The molecule has 1 nitrogen and oxygen atoms in total. The van der Waals surface area contributed by atoms with Gasteiger partial charge >= 0.3 is 0 Å². The van der Waals surface area contributed by atoms with E-state index < -0.39 is 0 Å². The zero-order chi connectivity index (χ0) is 15.1. The number of benzene rings is 2. The van der Waals surface area contributed by atoms with Crippen LogP contribution in [0.2, 0.25) is 5.02 Å². The topological polar surface area (TPSA) is 12.0 Å². The van der Waals surface area contributed by atoms with Crippen LogP contribution in [0.25, 0.3) is 0 Å². The Morgan fingerprint density at radius 3 is 2.48 bits per heavy atom. The summed E-state index contributed by atoms with van der Waals surface area (Å²) in [5.41, 5.74) is 2.68. The molecule has 0 bridgehead atoms. The van der Waals surface area contributed by atoms with Gasteiger partial charge in [-0.2, -0.15) is 0 Å². The molecule has 0 aliphatic carbocycles. The Bertz CT molecular complexity index is 553. The van der Waals surface area contributed by atoms with Crippen molar-refractivity contribution in [1.29, 1.82) is 0 Å². The molecule has 1 unspecified atom stereocenters. The Balaban J connectivity index is 1.95. The van der Waals surface area contributed by atoms with E-state index in [0.29, 0.717) is 6.04 Å². The van der Waals surface area contributed by atoms with Gasteiger partial charge < -0.3 is 5.32 Å². The summed E-state index contributed by atoms with van der Waals surface area (Å²) < 4.78 is 0. The summed E-state index contributed by atoms with van der Waals surface area (Å²) in [5.74, 6) is 1.07.